The molecule has 1 aromatic heterocycles. The minimum absolute atomic E-state index is 0.102. The lowest BCUT2D eigenvalue weighted by atomic mass is 10.2. The fourth-order valence-corrected chi connectivity index (χ4v) is 3.77. The van der Waals surface area contributed by atoms with Crippen molar-refractivity contribution in [2.75, 3.05) is 5.32 Å². The molecule has 1 atom stereocenters. The third-order valence-corrected chi connectivity index (χ3v) is 5.45. The molecule has 0 spiro atoms. The van der Waals surface area contributed by atoms with Gasteiger partial charge in [0.25, 0.3) is 5.56 Å². The fourth-order valence-electron chi connectivity index (χ4n) is 2.83. The van der Waals surface area contributed by atoms with Gasteiger partial charge in [0.2, 0.25) is 11.8 Å². The summed E-state index contributed by atoms with van der Waals surface area (Å²) in [5.74, 6) is -0.754. The van der Waals surface area contributed by atoms with Gasteiger partial charge in [0, 0.05) is 17.8 Å². The summed E-state index contributed by atoms with van der Waals surface area (Å²) in [6.07, 6.45) is 0.778. The Kier molecular flexibility index (Phi) is 6.33. The summed E-state index contributed by atoms with van der Waals surface area (Å²) < 4.78 is 1.62. The number of para-hydroxylation sites is 1. The summed E-state index contributed by atoms with van der Waals surface area (Å²) in [6.45, 7) is 4.28. The van der Waals surface area contributed by atoms with E-state index in [0.717, 1.165) is 6.42 Å². The summed E-state index contributed by atoms with van der Waals surface area (Å²) in [4.78, 5) is 41.2. The van der Waals surface area contributed by atoms with E-state index in [1.54, 1.807) is 47.9 Å². The van der Waals surface area contributed by atoms with E-state index in [1.165, 1.54) is 11.8 Å². The van der Waals surface area contributed by atoms with Crippen LogP contribution in [0.5, 0.6) is 0 Å². The summed E-state index contributed by atoms with van der Waals surface area (Å²) in [6, 6.07) is 13.6. The van der Waals surface area contributed by atoms with Crippen molar-refractivity contribution in [3.63, 3.8) is 0 Å². The Morgan fingerprint density at radius 1 is 1.17 bits per heavy atom. The van der Waals surface area contributed by atoms with Crippen LogP contribution in [0.3, 0.4) is 0 Å². The molecule has 0 aliphatic carbocycles. The van der Waals surface area contributed by atoms with E-state index in [2.05, 4.69) is 10.3 Å². The predicted octanol–water partition coefficient (Wildman–Crippen LogP) is 3.02. The van der Waals surface area contributed by atoms with Crippen molar-refractivity contribution in [1.29, 1.82) is 0 Å². The van der Waals surface area contributed by atoms with Gasteiger partial charge in [-0.3, -0.25) is 19.0 Å². The van der Waals surface area contributed by atoms with Crippen LogP contribution in [-0.4, -0.2) is 26.6 Å². The summed E-state index contributed by atoms with van der Waals surface area (Å²) in [5.41, 5.74) is 6.67. The van der Waals surface area contributed by atoms with Gasteiger partial charge in [-0.05, 0) is 49.7 Å². The molecule has 2 amide bonds. The third-order valence-electron chi connectivity index (χ3n) is 4.36. The van der Waals surface area contributed by atoms with Gasteiger partial charge in [0.1, 0.15) is 0 Å². The zero-order valence-corrected chi connectivity index (χ0v) is 17.0. The highest BCUT2D eigenvalue weighted by Gasteiger charge is 2.19. The minimum atomic E-state index is -0.525. The van der Waals surface area contributed by atoms with Crippen LogP contribution >= 0.6 is 11.8 Å². The maximum absolute atomic E-state index is 12.8. The van der Waals surface area contributed by atoms with Crippen LogP contribution in [0.2, 0.25) is 0 Å². The second kappa shape index (κ2) is 8.91. The van der Waals surface area contributed by atoms with Gasteiger partial charge in [-0.2, -0.15) is 0 Å². The van der Waals surface area contributed by atoms with E-state index >= 15 is 0 Å². The molecule has 0 radical (unpaired) electrons. The van der Waals surface area contributed by atoms with Crippen LogP contribution in [-0.2, 0) is 11.3 Å². The average molecular weight is 410 g/mol. The Morgan fingerprint density at radius 3 is 2.52 bits per heavy atom. The first-order chi connectivity index (χ1) is 13.9. The molecule has 0 aliphatic heterocycles. The van der Waals surface area contributed by atoms with Crippen molar-refractivity contribution < 1.29 is 9.59 Å². The maximum atomic E-state index is 12.8. The number of hydrogen-bond donors (Lipinski definition) is 2. The maximum Gasteiger partial charge on any atom is 0.262 e. The molecular weight excluding hydrogens is 388 g/mol. The van der Waals surface area contributed by atoms with Crippen LogP contribution in [0.15, 0.2) is 58.5 Å². The highest BCUT2D eigenvalue weighted by Crippen LogP contribution is 2.24. The molecule has 0 saturated carbocycles. The quantitative estimate of drug-likeness (QED) is 0.460. The molecular formula is C21H22N4O3S. The van der Waals surface area contributed by atoms with Crippen molar-refractivity contribution in [3.8, 4) is 0 Å². The Labute approximate surface area is 172 Å². The molecule has 29 heavy (non-hydrogen) atoms. The Bertz CT molecular complexity index is 1110. The number of primary amides is 1. The molecule has 3 N–H and O–H groups in total. The smallest absolute Gasteiger partial charge is 0.262 e. The molecule has 0 bridgehead atoms. The van der Waals surface area contributed by atoms with Gasteiger partial charge in [0.15, 0.2) is 5.16 Å². The van der Waals surface area contributed by atoms with E-state index in [9.17, 15) is 14.4 Å². The number of anilines is 1. The van der Waals surface area contributed by atoms with Crippen molar-refractivity contribution in [2.45, 2.75) is 37.2 Å². The van der Waals surface area contributed by atoms with Crippen LogP contribution in [0.1, 0.15) is 30.6 Å². The van der Waals surface area contributed by atoms with Gasteiger partial charge in [0.05, 0.1) is 16.2 Å². The Balaban J connectivity index is 1.81. The van der Waals surface area contributed by atoms with E-state index in [-0.39, 0.29) is 11.5 Å². The van der Waals surface area contributed by atoms with E-state index in [1.807, 2.05) is 19.1 Å². The first-order valence-corrected chi connectivity index (χ1v) is 10.2. The number of nitrogens with one attached hydrogen (secondary N) is 1. The monoisotopic (exact) mass is 410 g/mol. The molecule has 2 aromatic carbocycles. The van der Waals surface area contributed by atoms with Gasteiger partial charge in [-0.15, -0.1) is 0 Å². The number of hydrogen-bond acceptors (Lipinski definition) is 5. The molecule has 1 heterocycles. The third kappa shape index (κ3) is 4.65. The molecule has 7 nitrogen and oxygen atoms in total. The lowest BCUT2D eigenvalue weighted by Gasteiger charge is -2.16. The molecule has 0 saturated heterocycles. The van der Waals surface area contributed by atoms with Gasteiger partial charge in [-0.1, -0.05) is 30.8 Å². The van der Waals surface area contributed by atoms with Gasteiger partial charge >= 0.3 is 0 Å². The number of carbonyl (C=O) groups excluding carboxylic acids is 2. The molecule has 8 heteroatoms. The van der Waals surface area contributed by atoms with Gasteiger partial charge in [-0.25, -0.2) is 4.98 Å². The summed E-state index contributed by atoms with van der Waals surface area (Å²) in [7, 11) is 0. The second-order valence-electron chi connectivity index (χ2n) is 6.56. The molecule has 0 aliphatic rings. The van der Waals surface area contributed by atoms with Crippen molar-refractivity contribution in [2.24, 2.45) is 5.73 Å². The minimum Gasteiger partial charge on any atom is -0.366 e. The highest BCUT2D eigenvalue weighted by atomic mass is 32.2. The predicted molar refractivity (Wildman–Crippen MR) is 115 cm³/mol. The first-order valence-electron chi connectivity index (χ1n) is 9.27. The standard InChI is InChI=1S/C21H22N4O3S/c1-3-12-25-20(28)16-6-4-5-7-17(16)24-21(25)29-13(2)19(27)23-15-10-8-14(9-11-15)18(22)26/h4-11,13H,3,12H2,1-2H3,(H2,22,26)(H,23,27)/t13-/m0/s1. The lowest BCUT2D eigenvalue weighted by molar-refractivity contribution is -0.115. The van der Waals surface area contributed by atoms with Crippen molar-refractivity contribution in [3.05, 3.63) is 64.4 Å². The number of thioether (sulfide) groups is 1. The number of amides is 2. The number of benzene rings is 2. The van der Waals surface area contributed by atoms with Crippen LogP contribution in [0, 0.1) is 0 Å². The molecule has 0 fully saturated rings. The molecule has 0 unspecified atom stereocenters. The number of nitrogens with zero attached hydrogens (tertiary/aromatic N) is 2. The number of fused-ring (bicyclic) bond motifs is 1. The fraction of sp³-hybridized carbons (Fsp3) is 0.238. The number of nitrogens with two attached hydrogens (primary N) is 1. The van der Waals surface area contributed by atoms with E-state index in [4.69, 9.17) is 5.73 Å². The van der Waals surface area contributed by atoms with Gasteiger partial charge < -0.3 is 11.1 Å². The summed E-state index contributed by atoms with van der Waals surface area (Å²) in [5, 5.41) is 3.40. The highest BCUT2D eigenvalue weighted by molar-refractivity contribution is 8.00. The van der Waals surface area contributed by atoms with Crippen molar-refractivity contribution >= 4 is 40.2 Å². The Hall–Kier alpha value is -3.13. The van der Waals surface area contributed by atoms with Crippen LogP contribution in [0.25, 0.3) is 10.9 Å². The lowest BCUT2D eigenvalue weighted by Crippen LogP contribution is -2.27. The summed E-state index contributed by atoms with van der Waals surface area (Å²) >= 11 is 1.24. The Morgan fingerprint density at radius 2 is 1.86 bits per heavy atom. The zero-order valence-electron chi connectivity index (χ0n) is 16.2. The zero-order chi connectivity index (χ0) is 21.0. The van der Waals surface area contributed by atoms with E-state index in [0.29, 0.717) is 33.9 Å². The topological polar surface area (TPSA) is 107 Å². The largest absolute Gasteiger partial charge is 0.366 e. The molecule has 150 valence electrons. The van der Waals surface area contributed by atoms with E-state index < -0.39 is 11.2 Å². The van der Waals surface area contributed by atoms with Crippen LogP contribution < -0.4 is 16.6 Å². The van der Waals surface area contributed by atoms with Crippen molar-refractivity contribution in [1.82, 2.24) is 9.55 Å². The first kappa shape index (κ1) is 20.6. The number of aromatic nitrogens is 2. The molecule has 3 aromatic rings. The number of rotatable bonds is 7. The SMILES string of the molecule is CCCn1c(S[C@@H](C)C(=O)Nc2ccc(C(N)=O)cc2)nc2ccccc2c1=O. The normalized spacial score (nSPS) is 11.9. The number of carbonyl (C=O) groups is 2. The second-order valence-corrected chi connectivity index (χ2v) is 7.87. The van der Waals surface area contributed by atoms with Crippen LogP contribution in [0.4, 0.5) is 5.69 Å². The molecule has 3 rings (SSSR count). The average Bonchev–Trinajstić information content (AvgIpc) is 2.71.